The van der Waals surface area contributed by atoms with Gasteiger partial charge in [0, 0.05) is 5.56 Å². The summed E-state index contributed by atoms with van der Waals surface area (Å²) in [5.74, 6) is 1.48. The maximum atomic E-state index is 5.47. The van der Waals surface area contributed by atoms with Crippen molar-refractivity contribution >= 4 is 0 Å². The first-order valence-electron chi connectivity index (χ1n) is 6.82. The minimum absolute atomic E-state index is 0.154. The van der Waals surface area contributed by atoms with Crippen LogP contribution in [0.15, 0.2) is 65.2 Å². The van der Waals surface area contributed by atoms with Crippen molar-refractivity contribution < 1.29 is 4.52 Å². The van der Waals surface area contributed by atoms with Gasteiger partial charge < -0.3 is 4.52 Å². The van der Waals surface area contributed by atoms with E-state index in [9.17, 15) is 0 Å². The molecule has 3 rings (SSSR count). The van der Waals surface area contributed by atoms with Crippen molar-refractivity contribution in [1.82, 2.24) is 10.1 Å². The van der Waals surface area contributed by atoms with Crippen molar-refractivity contribution in [3.8, 4) is 11.4 Å². The maximum absolute atomic E-state index is 5.47. The average molecular weight is 264 g/mol. The molecule has 0 aliphatic carbocycles. The van der Waals surface area contributed by atoms with Gasteiger partial charge >= 0.3 is 0 Å². The molecule has 3 nitrogen and oxygen atoms in total. The lowest BCUT2D eigenvalue weighted by molar-refractivity contribution is 0.363. The van der Waals surface area contributed by atoms with Crippen LogP contribution in [0.2, 0.25) is 0 Å². The molecule has 1 atom stereocenters. The summed E-state index contributed by atoms with van der Waals surface area (Å²) in [6, 6.07) is 20.2. The molecule has 0 saturated heterocycles. The molecule has 1 unspecified atom stereocenters. The van der Waals surface area contributed by atoms with Crippen LogP contribution < -0.4 is 0 Å². The third-order valence-corrected chi connectivity index (χ3v) is 3.38. The Labute approximate surface area is 118 Å². The first-order chi connectivity index (χ1) is 9.88. The molecule has 1 aromatic heterocycles. The zero-order valence-corrected chi connectivity index (χ0v) is 11.4. The van der Waals surface area contributed by atoms with Crippen LogP contribution in [0, 0.1) is 0 Å². The Hall–Kier alpha value is -2.42. The number of rotatable bonds is 4. The molecule has 0 N–H and O–H groups in total. The van der Waals surface area contributed by atoms with Gasteiger partial charge in [0.15, 0.2) is 0 Å². The third-order valence-electron chi connectivity index (χ3n) is 3.38. The monoisotopic (exact) mass is 264 g/mol. The predicted molar refractivity (Wildman–Crippen MR) is 78.3 cm³/mol. The Balaban J connectivity index is 1.93. The van der Waals surface area contributed by atoms with Crippen molar-refractivity contribution in [2.45, 2.75) is 19.3 Å². The Bertz CT molecular complexity index is 662. The van der Waals surface area contributed by atoms with E-state index in [-0.39, 0.29) is 5.92 Å². The van der Waals surface area contributed by atoms with E-state index < -0.39 is 0 Å². The molecule has 0 amide bonds. The van der Waals surface area contributed by atoms with Crippen LogP contribution in [0.3, 0.4) is 0 Å². The van der Waals surface area contributed by atoms with Gasteiger partial charge in [0.05, 0.1) is 5.92 Å². The molecule has 0 aliphatic heterocycles. The predicted octanol–water partition coefficient (Wildman–Crippen LogP) is 4.28. The zero-order valence-electron chi connectivity index (χ0n) is 11.4. The normalized spacial score (nSPS) is 12.2. The summed E-state index contributed by atoms with van der Waals surface area (Å²) in [5, 5.41) is 4.09. The molecule has 1 heterocycles. The molecule has 2 aromatic carbocycles. The molecule has 20 heavy (non-hydrogen) atoms. The molecular weight excluding hydrogens is 248 g/mol. The van der Waals surface area contributed by atoms with E-state index in [0.29, 0.717) is 11.7 Å². The fourth-order valence-electron chi connectivity index (χ4n) is 2.32. The molecule has 0 bridgehead atoms. The lowest BCUT2D eigenvalue weighted by Gasteiger charge is -2.09. The summed E-state index contributed by atoms with van der Waals surface area (Å²) < 4.78 is 5.47. The van der Waals surface area contributed by atoms with Crippen LogP contribution >= 0.6 is 0 Å². The summed E-state index contributed by atoms with van der Waals surface area (Å²) >= 11 is 0. The standard InChI is InChI=1S/C17H16N2O/c1-2-15(13-9-5-3-6-10-13)17-18-16(19-20-17)14-11-7-4-8-12-14/h3-12,15H,2H2,1H3. The lowest BCUT2D eigenvalue weighted by atomic mass is 9.96. The van der Waals surface area contributed by atoms with Gasteiger partial charge in [0.1, 0.15) is 0 Å². The summed E-state index contributed by atoms with van der Waals surface area (Å²) in [6.07, 6.45) is 0.931. The minimum atomic E-state index is 0.154. The average Bonchev–Trinajstić information content (AvgIpc) is 3.00. The molecule has 0 aliphatic rings. The highest BCUT2D eigenvalue weighted by molar-refractivity contribution is 5.53. The number of aromatic nitrogens is 2. The van der Waals surface area contributed by atoms with Crippen LogP contribution in [0.25, 0.3) is 11.4 Å². The highest BCUT2D eigenvalue weighted by Gasteiger charge is 2.19. The summed E-state index contributed by atoms with van der Waals surface area (Å²) in [5.41, 5.74) is 2.18. The van der Waals surface area contributed by atoms with Crippen molar-refractivity contribution in [1.29, 1.82) is 0 Å². The van der Waals surface area contributed by atoms with Crippen molar-refractivity contribution in [2.75, 3.05) is 0 Å². The molecule has 0 fully saturated rings. The van der Waals surface area contributed by atoms with Gasteiger partial charge in [-0.3, -0.25) is 0 Å². The maximum Gasteiger partial charge on any atom is 0.234 e. The van der Waals surface area contributed by atoms with Gasteiger partial charge in [0.25, 0.3) is 0 Å². The molecule has 0 saturated carbocycles. The number of hydrogen-bond donors (Lipinski definition) is 0. The second-order valence-electron chi connectivity index (χ2n) is 4.69. The molecular formula is C17H16N2O. The van der Waals surface area contributed by atoms with E-state index in [1.807, 2.05) is 48.5 Å². The van der Waals surface area contributed by atoms with Gasteiger partial charge in [-0.15, -0.1) is 0 Å². The fraction of sp³-hybridized carbons (Fsp3) is 0.176. The Kier molecular flexibility index (Phi) is 3.59. The SMILES string of the molecule is CCC(c1ccccc1)c1nc(-c2ccccc2)no1. The smallest absolute Gasteiger partial charge is 0.234 e. The van der Waals surface area contributed by atoms with Crippen LogP contribution in [-0.4, -0.2) is 10.1 Å². The summed E-state index contributed by atoms with van der Waals surface area (Å²) in [7, 11) is 0. The Morgan fingerprint density at radius 2 is 1.60 bits per heavy atom. The lowest BCUT2D eigenvalue weighted by Crippen LogP contribution is -1.99. The fourth-order valence-corrected chi connectivity index (χ4v) is 2.32. The third kappa shape index (κ3) is 2.48. The van der Waals surface area contributed by atoms with Gasteiger partial charge in [-0.1, -0.05) is 72.7 Å². The first kappa shape index (κ1) is 12.6. The molecule has 3 aromatic rings. The van der Waals surface area contributed by atoms with Gasteiger partial charge in [-0.25, -0.2) is 0 Å². The highest BCUT2D eigenvalue weighted by Crippen LogP contribution is 2.27. The molecule has 100 valence electrons. The van der Waals surface area contributed by atoms with Gasteiger partial charge in [-0.05, 0) is 12.0 Å². The van der Waals surface area contributed by atoms with Crippen LogP contribution in [0.5, 0.6) is 0 Å². The number of benzene rings is 2. The first-order valence-corrected chi connectivity index (χ1v) is 6.82. The van der Waals surface area contributed by atoms with Crippen molar-refractivity contribution in [3.05, 3.63) is 72.1 Å². The molecule has 0 spiro atoms. The minimum Gasteiger partial charge on any atom is -0.338 e. The molecule has 3 heteroatoms. The zero-order chi connectivity index (χ0) is 13.8. The summed E-state index contributed by atoms with van der Waals surface area (Å²) in [6.45, 7) is 2.13. The van der Waals surface area contributed by atoms with E-state index in [1.54, 1.807) is 0 Å². The quantitative estimate of drug-likeness (QED) is 0.706. The van der Waals surface area contributed by atoms with Crippen molar-refractivity contribution in [3.63, 3.8) is 0 Å². The van der Waals surface area contributed by atoms with E-state index >= 15 is 0 Å². The highest BCUT2D eigenvalue weighted by atomic mass is 16.5. The van der Waals surface area contributed by atoms with Crippen LogP contribution in [-0.2, 0) is 0 Å². The topological polar surface area (TPSA) is 38.9 Å². The largest absolute Gasteiger partial charge is 0.338 e. The number of nitrogens with zero attached hydrogens (tertiary/aromatic N) is 2. The van der Waals surface area contributed by atoms with Gasteiger partial charge in [-0.2, -0.15) is 4.98 Å². The van der Waals surface area contributed by atoms with E-state index in [2.05, 4.69) is 29.2 Å². The summed E-state index contributed by atoms with van der Waals surface area (Å²) in [4.78, 5) is 4.55. The second-order valence-corrected chi connectivity index (χ2v) is 4.69. The van der Waals surface area contributed by atoms with E-state index in [0.717, 1.165) is 12.0 Å². The van der Waals surface area contributed by atoms with Gasteiger partial charge in [0.2, 0.25) is 11.7 Å². The number of hydrogen-bond acceptors (Lipinski definition) is 3. The van der Waals surface area contributed by atoms with Crippen LogP contribution in [0.4, 0.5) is 0 Å². The van der Waals surface area contributed by atoms with E-state index in [1.165, 1.54) is 5.56 Å². The Morgan fingerprint density at radius 1 is 0.950 bits per heavy atom. The molecule has 0 radical (unpaired) electrons. The van der Waals surface area contributed by atoms with Crippen molar-refractivity contribution in [2.24, 2.45) is 0 Å². The van der Waals surface area contributed by atoms with E-state index in [4.69, 9.17) is 4.52 Å². The second kappa shape index (κ2) is 5.70. The Morgan fingerprint density at radius 3 is 2.25 bits per heavy atom. The van der Waals surface area contributed by atoms with Crippen LogP contribution in [0.1, 0.15) is 30.7 Å².